The molecule has 222 valence electrons. The average molecular weight is 644 g/mol. The van der Waals surface area contributed by atoms with Crippen molar-refractivity contribution in [1.29, 1.82) is 0 Å². The van der Waals surface area contributed by atoms with Gasteiger partial charge in [-0.1, -0.05) is 34.8 Å². The van der Waals surface area contributed by atoms with Gasteiger partial charge in [0.25, 0.3) is 0 Å². The Labute approximate surface area is 252 Å². The Kier molecular flexibility index (Phi) is 10.3. The third kappa shape index (κ3) is 7.16. The maximum absolute atomic E-state index is 10.7. The number of rotatable bonds is 3. The third-order valence-electron chi connectivity index (χ3n) is 5.89. The van der Waals surface area contributed by atoms with Crippen LogP contribution in [0.4, 0.5) is 0 Å². The average Bonchev–Trinajstić information content (AvgIpc) is 2.97. The van der Waals surface area contributed by atoms with Crippen LogP contribution in [0, 0.1) is 0 Å². The van der Waals surface area contributed by atoms with Crippen molar-refractivity contribution < 1.29 is 58.1 Å². The topological polar surface area (TPSA) is 167 Å². The molecule has 15 heteroatoms. The highest BCUT2D eigenvalue weighted by atomic mass is 35.5. The van der Waals surface area contributed by atoms with Crippen LogP contribution in [-0.2, 0) is 34.0 Å². The van der Waals surface area contributed by atoms with Crippen LogP contribution in [0.2, 0.25) is 15.1 Å². The second-order valence-corrected chi connectivity index (χ2v) is 9.66. The zero-order chi connectivity index (χ0) is 30.4. The molecule has 0 saturated heterocycles. The summed E-state index contributed by atoms with van der Waals surface area (Å²) in [6.45, 7) is 1.46. The molecular formula is C27H21Cl3O12. The fraction of sp³-hybridized carbons (Fsp3) is 0.222. The molecule has 3 heterocycles. The van der Waals surface area contributed by atoms with Crippen molar-refractivity contribution in [2.45, 2.75) is 19.8 Å². The number of benzene rings is 3. The standard InChI is InChI=1S/3C9H7ClO4/c10-7-2-8-5(3-13-4-14-8)1-6(7)9(11)12;2*10-8-5(9(11)12)1-2-7-6(8)3-13-4-14-7/h3*1-2H,3-4H2,(H,11,12). The van der Waals surface area contributed by atoms with Crippen LogP contribution in [-0.4, -0.2) is 53.6 Å². The molecule has 12 nitrogen and oxygen atoms in total. The van der Waals surface area contributed by atoms with Crippen LogP contribution in [0.5, 0.6) is 17.2 Å². The molecule has 0 amide bonds. The second kappa shape index (κ2) is 13.9. The summed E-state index contributed by atoms with van der Waals surface area (Å²) < 4.78 is 30.5. The molecule has 6 rings (SSSR count). The van der Waals surface area contributed by atoms with E-state index in [1.807, 2.05) is 0 Å². The molecule has 3 N–H and O–H groups in total. The molecule has 3 aliphatic heterocycles. The van der Waals surface area contributed by atoms with E-state index in [1.54, 1.807) is 12.1 Å². The summed E-state index contributed by atoms with van der Waals surface area (Å²) >= 11 is 17.5. The zero-order valence-electron chi connectivity index (χ0n) is 21.4. The summed E-state index contributed by atoms with van der Waals surface area (Å²) in [5.74, 6) is -1.39. The molecule has 3 aliphatic rings. The lowest BCUT2D eigenvalue weighted by molar-refractivity contribution is -0.0165. The first kappa shape index (κ1) is 31.2. The smallest absolute Gasteiger partial charge is 0.337 e. The van der Waals surface area contributed by atoms with Crippen molar-refractivity contribution in [3.63, 3.8) is 0 Å². The van der Waals surface area contributed by atoms with Crippen molar-refractivity contribution in [1.82, 2.24) is 0 Å². The lowest BCUT2D eigenvalue weighted by Gasteiger charge is -2.19. The molecule has 0 aliphatic carbocycles. The Morgan fingerprint density at radius 1 is 0.571 bits per heavy atom. The number of halogens is 3. The minimum absolute atomic E-state index is 0.0690. The number of carbonyl (C=O) groups is 3. The Morgan fingerprint density at radius 2 is 1.00 bits per heavy atom. The van der Waals surface area contributed by atoms with Crippen LogP contribution in [0.15, 0.2) is 36.4 Å². The van der Waals surface area contributed by atoms with Gasteiger partial charge in [0.15, 0.2) is 20.4 Å². The third-order valence-corrected chi connectivity index (χ3v) is 7.06. The number of ether oxygens (including phenoxy) is 6. The van der Waals surface area contributed by atoms with E-state index in [9.17, 15) is 14.4 Å². The first-order valence-corrected chi connectivity index (χ1v) is 13.0. The molecule has 42 heavy (non-hydrogen) atoms. The molecule has 0 aromatic heterocycles. The normalized spacial score (nSPS) is 14.4. The fourth-order valence-corrected chi connectivity index (χ4v) is 4.66. The SMILES string of the molecule is O=C(O)c1cc2c(cc1Cl)OCOC2.O=C(O)c1ccc2c(c1Cl)COCO2.O=C(O)c1ccc2c(c1Cl)COCO2. The van der Waals surface area contributed by atoms with Gasteiger partial charge in [0.2, 0.25) is 0 Å². The Morgan fingerprint density at radius 3 is 1.45 bits per heavy atom. The van der Waals surface area contributed by atoms with Gasteiger partial charge in [-0.2, -0.15) is 0 Å². The summed E-state index contributed by atoms with van der Waals surface area (Å²) in [6.07, 6.45) is 0. The highest BCUT2D eigenvalue weighted by Gasteiger charge is 2.21. The Bertz CT molecular complexity index is 1430. The maximum Gasteiger partial charge on any atom is 0.337 e. The Hall–Kier alpha value is -3.78. The minimum Gasteiger partial charge on any atom is -0.478 e. The highest BCUT2D eigenvalue weighted by Crippen LogP contribution is 2.34. The lowest BCUT2D eigenvalue weighted by Crippen LogP contribution is -2.13. The van der Waals surface area contributed by atoms with Gasteiger partial charge in [-0.25, -0.2) is 14.4 Å². The van der Waals surface area contributed by atoms with E-state index in [0.29, 0.717) is 40.5 Å². The molecular weight excluding hydrogens is 623 g/mol. The van der Waals surface area contributed by atoms with Crippen molar-refractivity contribution in [2.24, 2.45) is 0 Å². The van der Waals surface area contributed by atoms with E-state index in [4.69, 9.17) is 78.5 Å². The quantitative estimate of drug-likeness (QED) is 0.318. The molecule has 0 spiro atoms. The van der Waals surface area contributed by atoms with Crippen LogP contribution >= 0.6 is 34.8 Å². The van der Waals surface area contributed by atoms with Gasteiger partial charge in [0, 0.05) is 22.8 Å². The summed E-state index contributed by atoms with van der Waals surface area (Å²) in [7, 11) is 0. The molecule has 0 radical (unpaired) electrons. The number of carboxylic acids is 3. The first-order valence-electron chi connectivity index (χ1n) is 11.8. The maximum atomic E-state index is 10.7. The van der Waals surface area contributed by atoms with E-state index in [1.165, 1.54) is 24.3 Å². The van der Waals surface area contributed by atoms with Crippen molar-refractivity contribution in [3.8, 4) is 17.2 Å². The van der Waals surface area contributed by atoms with E-state index in [-0.39, 0.29) is 65.4 Å². The van der Waals surface area contributed by atoms with E-state index in [2.05, 4.69) is 0 Å². The van der Waals surface area contributed by atoms with Crippen molar-refractivity contribution in [2.75, 3.05) is 20.4 Å². The number of aromatic carboxylic acids is 3. The molecule has 0 unspecified atom stereocenters. The van der Waals surface area contributed by atoms with E-state index in [0.717, 1.165) is 0 Å². The van der Waals surface area contributed by atoms with Gasteiger partial charge in [-0.05, 0) is 30.3 Å². The van der Waals surface area contributed by atoms with Gasteiger partial charge < -0.3 is 43.7 Å². The largest absolute Gasteiger partial charge is 0.478 e. The van der Waals surface area contributed by atoms with Crippen LogP contribution in [0.3, 0.4) is 0 Å². The predicted molar refractivity (Wildman–Crippen MR) is 146 cm³/mol. The number of hydrogen-bond acceptors (Lipinski definition) is 9. The highest BCUT2D eigenvalue weighted by molar-refractivity contribution is 6.35. The molecule has 3 aromatic carbocycles. The zero-order valence-corrected chi connectivity index (χ0v) is 23.6. The predicted octanol–water partition coefficient (Wildman–Crippen LogP) is 5.71. The van der Waals surface area contributed by atoms with Crippen molar-refractivity contribution in [3.05, 3.63) is 84.8 Å². The second-order valence-electron chi connectivity index (χ2n) is 8.49. The van der Waals surface area contributed by atoms with E-state index >= 15 is 0 Å². The molecule has 0 saturated carbocycles. The van der Waals surface area contributed by atoms with Crippen LogP contribution in [0.1, 0.15) is 47.8 Å². The lowest BCUT2D eigenvalue weighted by atomic mass is 10.1. The van der Waals surface area contributed by atoms with Gasteiger partial charge in [0.05, 0.1) is 51.6 Å². The molecule has 0 bridgehead atoms. The minimum atomic E-state index is -1.05. The number of carboxylic acid groups (broad SMARTS) is 3. The van der Waals surface area contributed by atoms with Crippen LogP contribution in [0.25, 0.3) is 0 Å². The van der Waals surface area contributed by atoms with Gasteiger partial charge in [-0.3, -0.25) is 0 Å². The summed E-state index contributed by atoms with van der Waals surface area (Å²) in [4.78, 5) is 32.2. The van der Waals surface area contributed by atoms with E-state index < -0.39 is 17.9 Å². The van der Waals surface area contributed by atoms with Crippen LogP contribution < -0.4 is 14.2 Å². The summed E-state index contributed by atoms with van der Waals surface area (Å²) in [5.41, 5.74) is 2.10. The van der Waals surface area contributed by atoms with Gasteiger partial charge in [-0.15, -0.1) is 0 Å². The Balaban J connectivity index is 0.000000145. The molecule has 0 atom stereocenters. The van der Waals surface area contributed by atoms with Crippen molar-refractivity contribution >= 4 is 52.7 Å². The fourth-order valence-electron chi connectivity index (χ4n) is 3.84. The first-order chi connectivity index (χ1) is 20.1. The summed E-state index contributed by atoms with van der Waals surface area (Å²) in [6, 6.07) is 9.01. The molecule has 3 aromatic rings. The number of hydrogen-bond donors (Lipinski definition) is 3. The summed E-state index contributed by atoms with van der Waals surface area (Å²) in [5, 5.41) is 27.0. The monoisotopic (exact) mass is 642 g/mol. The van der Waals surface area contributed by atoms with Gasteiger partial charge in [0.1, 0.15) is 17.2 Å². The molecule has 0 fully saturated rings. The van der Waals surface area contributed by atoms with Gasteiger partial charge >= 0.3 is 17.9 Å². The number of fused-ring (bicyclic) bond motifs is 3.